The maximum atomic E-state index is 12.4. The Hall–Kier alpha value is -2.97. The van der Waals surface area contributed by atoms with E-state index in [2.05, 4.69) is 0 Å². The SMILES string of the molecule is Cc1c(C(CC(=O)O)c2ccc(Cl)c(CN(C)C(=O)OC(C)(C)C)c2)ccc(N(C)N)c1N. The highest BCUT2D eigenvalue weighted by Gasteiger charge is 2.24. The molecule has 0 aliphatic heterocycles. The van der Waals surface area contributed by atoms with Gasteiger partial charge >= 0.3 is 12.1 Å². The molecule has 0 bridgehead atoms. The molecule has 8 nitrogen and oxygen atoms in total. The van der Waals surface area contributed by atoms with E-state index in [1.807, 2.05) is 19.1 Å². The van der Waals surface area contributed by atoms with Crippen molar-refractivity contribution in [3.05, 3.63) is 57.6 Å². The molecule has 0 heterocycles. The van der Waals surface area contributed by atoms with E-state index in [1.165, 1.54) is 9.91 Å². The maximum absolute atomic E-state index is 12.4. The molecular weight excluding hydrogens is 444 g/mol. The van der Waals surface area contributed by atoms with Crippen molar-refractivity contribution in [2.75, 3.05) is 24.8 Å². The molecule has 0 fully saturated rings. The number of aliphatic carboxylic acids is 1. The molecule has 5 N–H and O–H groups in total. The van der Waals surface area contributed by atoms with Crippen molar-refractivity contribution >= 4 is 35.0 Å². The van der Waals surface area contributed by atoms with Crippen LogP contribution in [0.3, 0.4) is 0 Å². The molecule has 0 saturated carbocycles. The van der Waals surface area contributed by atoms with Gasteiger partial charge in [-0.3, -0.25) is 4.79 Å². The number of ether oxygens (including phenoxy) is 1. The number of carbonyl (C=O) groups excluding carboxylic acids is 1. The van der Waals surface area contributed by atoms with Gasteiger partial charge in [-0.05, 0) is 62.1 Å². The van der Waals surface area contributed by atoms with E-state index in [4.69, 9.17) is 27.9 Å². The van der Waals surface area contributed by atoms with Crippen LogP contribution in [0.15, 0.2) is 30.3 Å². The van der Waals surface area contributed by atoms with Crippen LogP contribution in [0.4, 0.5) is 16.2 Å². The lowest BCUT2D eigenvalue weighted by atomic mass is 9.84. The van der Waals surface area contributed by atoms with Gasteiger partial charge in [0.25, 0.3) is 0 Å². The Balaban J connectivity index is 2.46. The summed E-state index contributed by atoms with van der Waals surface area (Å²) in [6.07, 6.45) is -0.614. The van der Waals surface area contributed by atoms with Crippen LogP contribution in [0, 0.1) is 6.92 Å². The number of hydrogen-bond donors (Lipinski definition) is 3. The normalized spacial score (nSPS) is 12.2. The van der Waals surface area contributed by atoms with Gasteiger partial charge < -0.3 is 25.5 Å². The predicted molar refractivity (Wildman–Crippen MR) is 131 cm³/mol. The number of halogens is 1. The molecule has 0 aliphatic carbocycles. The van der Waals surface area contributed by atoms with Gasteiger partial charge in [0.05, 0.1) is 24.3 Å². The van der Waals surface area contributed by atoms with Crippen molar-refractivity contribution in [2.45, 2.75) is 52.2 Å². The van der Waals surface area contributed by atoms with E-state index in [0.717, 1.165) is 16.7 Å². The van der Waals surface area contributed by atoms with Crippen molar-refractivity contribution in [1.82, 2.24) is 4.90 Å². The fraction of sp³-hybridized carbons (Fsp3) is 0.417. The molecule has 33 heavy (non-hydrogen) atoms. The van der Waals surface area contributed by atoms with Crippen LogP contribution >= 0.6 is 11.6 Å². The van der Waals surface area contributed by atoms with Crippen LogP contribution in [0.2, 0.25) is 5.02 Å². The van der Waals surface area contributed by atoms with Crippen molar-refractivity contribution in [3.8, 4) is 0 Å². The summed E-state index contributed by atoms with van der Waals surface area (Å²) < 4.78 is 5.41. The second-order valence-corrected chi connectivity index (χ2v) is 9.57. The van der Waals surface area contributed by atoms with Gasteiger partial charge in [-0.25, -0.2) is 10.6 Å². The van der Waals surface area contributed by atoms with Crippen molar-refractivity contribution < 1.29 is 19.4 Å². The van der Waals surface area contributed by atoms with E-state index < -0.39 is 23.6 Å². The maximum Gasteiger partial charge on any atom is 0.410 e. The average molecular weight is 477 g/mol. The fourth-order valence-corrected chi connectivity index (χ4v) is 3.77. The van der Waals surface area contributed by atoms with Gasteiger partial charge in [-0.1, -0.05) is 29.8 Å². The van der Waals surface area contributed by atoms with E-state index in [-0.39, 0.29) is 13.0 Å². The summed E-state index contributed by atoms with van der Waals surface area (Å²) in [6.45, 7) is 7.44. The number of carboxylic acids is 1. The number of carboxylic acid groups (broad SMARTS) is 1. The topological polar surface area (TPSA) is 122 Å². The van der Waals surface area contributed by atoms with E-state index in [0.29, 0.717) is 22.0 Å². The van der Waals surface area contributed by atoms with E-state index >= 15 is 0 Å². The standard InChI is InChI=1S/C24H33ClN4O4/c1-14-17(8-10-20(22(14)26)29(6)27)18(12-21(30)31)15-7-9-19(25)16(11-15)13-28(5)23(32)33-24(2,3)4/h7-11,18H,12-13,26-27H2,1-6H3,(H,30,31). The highest BCUT2D eigenvalue weighted by molar-refractivity contribution is 6.31. The Morgan fingerprint density at radius 2 is 1.82 bits per heavy atom. The first-order valence-electron chi connectivity index (χ1n) is 10.5. The summed E-state index contributed by atoms with van der Waals surface area (Å²) >= 11 is 6.41. The molecule has 2 aromatic rings. The Kier molecular flexibility index (Phi) is 8.21. The molecule has 2 aromatic carbocycles. The molecule has 0 aromatic heterocycles. The first-order chi connectivity index (χ1) is 15.2. The number of hydrogen-bond acceptors (Lipinski definition) is 6. The minimum atomic E-state index is -0.944. The average Bonchev–Trinajstić information content (AvgIpc) is 2.68. The number of anilines is 2. The lowest BCUT2D eigenvalue weighted by Crippen LogP contribution is -2.33. The van der Waals surface area contributed by atoms with Crippen molar-refractivity contribution in [3.63, 3.8) is 0 Å². The summed E-state index contributed by atoms with van der Waals surface area (Å²) in [4.78, 5) is 25.5. The Morgan fingerprint density at radius 3 is 2.36 bits per heavy atom. The van der Waals surface area contributed by atoms with E-state index in [9.17, 15) is 14.7 Å². The molecule has 0 spiro atoms. The number of nitrogens with zero attached hydrogens (tertiary/aromatic N) is 2. The van der Waals surface area contributed by atoms with Crippen LogP contribution < -0.4 is 16.6 Å². The number of hydrazine groups is 1. The number of amides is 1. The number of rotatable bonds is 7. The number of benzene rings is 2. The third-order valence-corrected chi connectivity index (χ3v) is 5.62. The Bertz CT molecular complexity index is 1030. The summed E-state index contributed by atoms with van der Waals surface area (Å²) in [5.74, 6) is 4.44. The molecular formula is C24H33ClN4O4. The molecule has 1 unspecified atom stereocenters. The molecule has 0 saturated heterocycles. The third kappa shape index (κ3) is 6.76. The third-order valence-electron chi connectivity index (χ3n) is 5.25. The molecule has 9 heteroatoms. The molecule has 1 amide bonds. The minimum Gasteiger partial charge on any atom is -0.481 e. The van der Waals surface area contributed by atoms with Crippen LogP contribution in [0.25, 0.3) is 0 Å². The monoisotopic (exact) mass is 476 g/mol. The van der Waals surface area contributed by atoms with Crippen LogP contribution in [-0.4, -0.2) is 41.8 Å². The number of nitrogens with two attached hydrogens (primary N) is 2. The van der Waals surface area contributed by atoms with Crippen LogP contribution in [0.1, 0.15) is 55.4 Å². The van der Waals surface area contributed by atoms with Gasteiger partial charge in [-0.2, -0.15) is 0 Å². The summed E-state index contributed by atoms with van der Waals surface area (Å²) in [7, 11) is 3.31. The molecule has 1 atom stereocenters. The molecule has 180 valence electrons. The zero-order valence-electron chi connectivity index (χ0n) is 20.0. The smallest absolute Gasteiger partial charge is 0.410 e. The van der Waals surface area contributed by atoms with Crippen LogP contribution in [0.5, 0.6) is 0 Å². The molecule has 0 radical (unpaired) electrons. The number of carbonyl (C=O) groups is 2. The zero-order valence-corrected chi connectivity index (χ0v) is 20.7. The summed E-state index contributed by atoms with van der Waals surface area (Å²) in [5.41, 5.74) is 9.80. The minimum absolute atomic E-state index is 0.138. The first kappa shape index (κ1) is 26.3. The van der Waals surface area contributed by atoms with Gasteiger partial charge in [0.2, 0.25) is 0 Å². The molecule has 0 aliphatic rings. The number of nitrogen functional groups attached to an aromatic ring is 1. The molecule has 2 rings (SSSR count). The zero-order chi connectivity index (χ0) is 25.1. The van der Waals surface area contributed by atoms with Crippen molar-refractivity contribution in [1.29, 1.82) is 0 Å². The fourth-order valence-electron chi connectivity index (χ4n) is 3.59. The van der Waals surface area contributed by atoms with Crippen LogP contribution in [-0.2, 0) is 16.1 Å². The predicted octanol–water partition coefficient (Wildman–Crippen LogP) is 4.51. The van der Waals surface area contributed by atoms with E-state index in [1.54, 1.807) is 53.1 Å². The quantitative estimate of drug-likeness (QED) is 0.305. The second-order valence-electron chi connectivity index (χ2n) is 9.16. The highest BCUT2D eigenvalue weighted by Crippen LogP contribution is 2.37. The Labute approximate surface area is 200 Å². The largest absolute Gasteiger partial charge is 0.481 e. The van der Waals surface area contributed by atoms with Gasteiger partial charge in [-0.15, -0.1) is 0 Å². The first-order valence-corrected chi connectivity index (χ1v) is 10.9. The lowest BCUT2D eigenvalue weighted by molar-refractivity contribution is -0.137. The van der Waals surface area contributed by atoms with Gasteiger partial charge in [0, 0.05) is 25.0 Å². The Morgan fingerprint density at radius 1 is 1.18 bits per heavy atom. The highest BCUT2D eigenvalue weighted by atomic mass is 35.5. The lowest BCUT2D eigenvalue weighted by Gasteiger charge is -2.26. The van der Waals surface area contributed by atoms with Crippen molar-refractivity contribution in [2.24, 2.45) is 5.84 Å². The second kappa shape index (κ2) is 10.3. The van der Waals surface area contributed by atoms with Gasteiger partial charge in [0.1, 0.15) is 5.60 Å². The van der Waals surface area contributed by atoms with Gasteiger partial charge in [0.15, 0.2) is 0 Å². The summed E-state index contributed by atoms with van der Waals surface area (Å²) in [6, 6.07) is 8.96. The summed E-state index contributed by atoms with van der Waals surface area (Å²) in [5, 5.41) is 11.5.